The van der Waals surface area contributed by atoms with Crippen LogP contribution in [0.3, 0.4) is 0 Å². The Morgan fingerprint density at radius 3 is 2.24 bits per heavy atom. The maximum Gasteiger partial charge on any atom is 0.416 e. The van der Waals surface area contributed by atoms with Gasteiger partial charge in [-0.3, -0.25) is 0 Å². The summed E-state index contributed by atoms with van der Waals surface area (Å²) in [5, 5.41) is 0.565. The lowest BCUT2D eigenvalue weighted by Gasteiger charge is -2.14. The van der Waals surface area contributed by atoms with Gasteiger partial charge < -0.3 is 0 Å². The van der Waals surface area contributed by atoms with Gasteiger partial charge in [0.2, 0.25) is 0 Å². The van der Waals surface area contributed by atoms with Crippen LogP contribution in [0.5, 0.6) is 0 Å². The number of rotatable bonds is 3. The largest absolute Gasteiger partial charge is 0.416 e. The Hall–Kier alpha value is -1.07. The van der Waals surface area contributed by atoms with Gasteiger partial charge in [0.05, 0.1) is 5.56 Å². The van der Waals surface area contributed by atoms with Crippen molar-refractivity contribution in [2.75, 3.05) is 0 Å². The molecular weight excluding hydrogens is 372 g/mol. The van der Waals surface area contributed by atoms with Crippen molar-refractivity contribution < 1.29 is 17.6 Å². The Bertz CT molecular complexity index is 623. The molecular formula is C15H10BrClF4. The molecule has 0 heterocycles. The molecule has 0 amide bonds. The highest BCUT2D eigenvalue weighted by molar-refractivity contribution is 9.09. The molecule has 1 atom stereocenters. The van der Waals surface area contributed by atoms with Crippen LogP contribution in [-0.2, 0) is 12.6 Å². The minimum atomic E-state index is -4.49. The Labute approximate surface area is 132 Å². The number of hydrogen-bond donors (Lipinski definition) is 0. The molecule has 0 aliphatic rings. The van der Waals surface area contributed by atoms with Crippen molar-refractivity contribution in [3.05, 3.63) is 70.0 Å². The van der Waals surface area contributed by atoms with E-state index in [0.29, 0.717) is 11.4 Å². The van der Waals surface area contributed by atoms with Gasteiger partial charge in [0.15, 0.2) is 0 Å². The molecule has 0 aliphatic carbocycles. The van der Waals surface area contributed by atoms with Crippen molar-refractivity contribution in [1.82, 2.24) is 0 Å². The second-order valence-electron chi connectivity index (χ2n) is 4.53. The van der Waals surface area contributed by atoms with Crippen molar-refractivity contribution in [1.29, 1.82) is 0 Å². The summed E-state index contributed by atoms with van der Waals surface area (Å²) in [5.41, 5.74) is -0.0303. The summed E-state index contributed by atoms with van der Waals surface area (Å²) in [6.45, 7) is 0. The third-order valence-corrected chi connectivity index (χ3v) is 4.06. The highest BCUT2D eigenvalue weighted by atomic mass is 79.9. The van der Waals surface area contributed by atoms with E-state index in [9.17, 15) is 17.6 Å². The first-order valence-corrected chi connectivity index (χ1v) is 7.32. The lowest BCUT2D eigenvalue weighted by Crippen LogP contribution is -2.08. The fourth-order valence-electron chi connectivity index (χ4n) is 1.90. The smallest absolute Gasteiger partial charge is 0.207 e. The zero-order chi connectivity index (χ0) is 15.6. The first-order chi connectivity index (χ1) is 9.77. The first kappa shape index (κ1) is 16.3. The minimum Gasteiger partial charge on any atom is -0.207 e. The van der Waals surface area contributed by atoms with Gasteiger partial charge in [0, 0.05) is 15.4 Å². The summed E-state index contributed by atoms with van der Waals surface area (Å²) < 4.78 is 51.8. The fourth-order valence-corrected chi connectivity index (χ4v) is 2.75. The van der Waals surface area contributed by atoms with E-state index >= 15 is 0 Å². The van der Waals surface area contributed by atoms with Gasteiger partial charge in [-0.1, -0.05) is 39.7 Å². The number of benzene rings is 2. The topological polar surface area (TPSA) is 0 Å². The van der Waals surface area contributed by atoms with Crippen molar-refractivity contribution in [2.24, 2.45) is 0 Å². The summed E-state index contributed by atoms with van der Waals surface area (Å²) in [4.78, 5) is -0.555. The summed E-state index contributed by atoms with van der Waals surface area (Å²) in [6, 6.07) is 9.28. The summed E-state index contributed by atoms with van der Waals surface area (Å²) in [6.07, 6.45) is -4.13. The van der Waals surface area contributed by atoms with Gasteiger partial charge in [-0.25, -0.2) is 4.39 Å². The Kier molecular flexibility index (Phi) is 4.94. The highest BCUT2D eigenvalue weighted by Crippen LogP contribution is 2.35. The monoisotopic (exact) mass is 380 g/mol. The Balaban J connectivity index is 2.26. The molecule has 1 unspecified atom stereocenters. The van der Waals surface area contributed by atoms with Gasteiger partial charge in [-0.2, -0.15) is 13.2 Å². The second-order valence-corrected chi connectivity index (χ2v) is 6.07. The first-order valence-electron chi connectivity index (χ1n) is 6.02. The molecule has 0 fully saturated rings. The molecule has 2 aromatic carbocycles. The molecule has 112 valence electrons. The Morgan fingerprint density at radius 1 is 1.05 bits per heavy atom. The van der Waals surface area contributed by atoms with E-state index in [0.717, 1.165) is 23.8 Å². The molecule has 0 bridgehead atoms. The van der Waals surface area contributed by atoms with Crippen LogP contribution in [0.25, 0.3) is 0 Å². The molecule has 0 N–H and O–H groups in total. The van der Waals surface area contributed by atoms with Crippen LogP contribution in [-0.4, -0.2) is 0 Å². The zero-order valence-corrected chi connectivity index (χ0v) is 12.9. The molecule has 6 heteroatoms. The molecule has 0 radical (unpaired) electrons. The van der Waals surface area contributed by atoms with Gasteiger partial charge in [0.1, 0.15) is 5.82 Å². The normalized spacial score (nSPS) is 13.2. The lowest BCUT2D eigenvalue weighted by molar-refractivity contribution is -0.137. The predicted molar refractivity (Wildman–Crippen MR) is 78.2 cm³/mol. The average molecular weight is 382 g/mol. The molecule has 2 aromatic rings. The zero-order valence-electron chi connectivity index (χ0n) is 10.6. The number of hydrogen-bond acceptors (Lipinski definition) is 0. The lowest BCUT2D eigenvalue weighted by atomic mass is 10.0. The standard InChI is InChI=1S/C15H10BrClF4/c16-13(7-9-1-4-11(17)5-2-9)12-8-10(15(19,20)21)3-6-14(12)18/h1-6,8,13H,7H2. The molecule has 0 spiro atoms. The van der Waals surface area contributed by atoms with Crippen molar-refractivity contribution >= 4 is 27.5 Å². The quantitative estimate of drug-likeness (QED) is 0.440. The van der Waals surface area contributed by atoms with E-state index in [2.05, 4.69) is 15.9 Å². The summed E-state index contributed by atoms with van der Waals surface area (Å²) >= 11 is 9.02. The van der Waals surface area contributed by atoms with E-state index in [4.69, 9.17) is 11.6 Å². The van der Waals surface area contributed by atoms with Crippen LogP contribution in [0.15, 0.2) is 42.5 Å². The molecule has 0 saturated heterocycles. The van der Waals surface area contributed by atoms with Gasteiger partial charge >= 0.3 is 6.18 Å². The third-order valence-electron chi connectivity index (χ3n) is 2.99. The van der Waals surface area contributed by atoms with Crippen LogP contribution in [0.4, 0.5) is 17.6 Å². The summed E-state index contributed by atoms with van der Waals surface area (Å²) in [7, 11) is 0. The van der Waals surface area contributed by atoms with Crippen LogP contribution in [0.2, 0.25) is 5.02 Å². The van der Waals surface area contributed by atoms with E-state index in [-0.39, 0.29) is 5.56 Å². The Morgan fingerprint density at radius 2 is 1.67 bits per heavy atom. The molecule has 0 aliphatic heterocycles. The molecule has 0 nitrogen and oxygen atoms in total. The van der Waals surface area contributed by atoms with E-state index in [1.165, 1.54) is 0 Å². The van der Waals surface area contributed by atoms with E-state index in [1.807, 2.05) is 0 Å². The molecule has 0 saturated carbocycles. The van der Waals surface area contributed by atoms with Crippen LogP contribution in [0.1, 0.15) is 21.5 Å². The highest BCUT2D eigenvalue weighted by Gasteiger charge is 2.31. The maximum atomic E-state index is 13.8. The number of alkyl halides is 4. The van der Waals surface area contributed by atoms with Crippen molar-refractivity contribution in [3.8, 4) is 0 Å². The van der Waals surface area contributed by atoms with Crippen molar-refractivity contribution in [3.63, 3.8) is 0 Å². The van der Waals surface area contributed by atoms with E-state index in [1.54, 1.807) is 24.3 Å². The van der Waals surface area contributed by atoms with Gasteiger partial charge in [0.25, 0.3) is 0 Å². The maximum absolute atomic E-state index is 13.8. The van der Waals surface area contributed by atoms with Crippen molar-refractivity contribution in [2.45, 2.75) is 17.4 Å². The van der Waals surface area contributed by atoms with Crippen LogP contribution in [0, 0.1) is 5.82 Å². The molecule has 0 aromatic heterocycles. The predicted octanol–water partition coefficient (Wildman–Crippen LogP) is 6.18. The molecule has 2 rings (SSSR count). The third kappa shape index (κ3) is 4.20. The second kappa shape index (κ2) is 6.36. The fraction of sp³-hybridized carbons (Fsp3) is 0.200. The average Bonchev–Trinajstić information content (AvgIpc) is 2.40. The van der Waals surface area contributed by atoms with Gasteiger partial charge in [-0.15, -0.1) is 0 Å². The SMILES string of the molecule is Fc1ccc(C(F)(F)F)cc1C(Br)Cc1ccc(Cl)cc1. The minimum absolute atomic E-state index is 0.0141. The van der Waals surface area contributed by atoms with Crippen LogP contribution < -0.4 is 0 Å². The van der Waals surface area contributed by atoms with E-state index < -0.39 is 22.4 Å². The summed E-state index contributed by atoms with van der Waals surface area (Å²) in [5.74, 6) is -0.668. The number of halogens is 6. The molecule has 21 heavy (non-hydrogen) atoms. The van der Waals surface area contributed by atoms with Gasteiger partial charge in [-0.05, 0) is 42.3 Å². The van der Waals surface area contributed by atoms with Crippen LogP contribution >= 0.6 is 27.5 Å².